The number of hydrogen-bond donors (Lipinski definition) is 1. The molecule has 0 fully saturated rings. The average molecular weight is 423 g/mol. The van der Waals surface area contributed by atoms with Crippen LogP contribution in [0.2, 0.25) is 5.22 Å². The quantitative estimate of drug-likeness (QED) is 0.714. The SMILES string of the molecule is COC(=O)c1cc(Br)cc(Br)c1NCc1ccc(Cl)o1. The molecule has 1 aromatic carbocycles. The Morgan fingerprint density at radius 3 is 2.75 bits per heavy atom. The second kappa shape index (κ2) is 6.65. The summed E-state index contributed by atoms with van der Waals surface area (Å²) in [5.41, 5.74) is 1.05. The van der Waals surface area contributed by atoms with E-state index < -0.39 is 5.97 Å². The molecule has 1 heterocycles. The Balaban J connectivity index is 2.27. The van der Waals surface area contributed by atoms with Crippen molar-refractivity contribution >= 4 is 55.1 Å². The fourth-order valence-electron chi connectivity index (χ4n) is 1.65. The molecule has 4 nitrogen and oxygen atoms in total. The van der Waals surface area contributed by atoms with Gasteiger partial charge in [-0.1, -0.05) is 15.9 Å². The highest BCUT2D eigenvalue weighted by atomic mass is 79.9. The molecule has 2 rings (SSSR count). The second-order valence-corrected chi connectivity index (χ2v) is 6.00. The van der Waals surface area contributed by atoms with Gasteiger partial charge in [-0.25, -0.2) is 4.79 Å². The molecule has 0 saturated heterocycles. The minimum Gasteiger partial charge on any atom is -0.465 e. The Morgan fingerprint density at radius 2 is 2.15 bits per heavy atom. The third-order valence-electron chi connectivity index (χ3n) is 2.53. The van der Waals surface area contributed by atoms with Crippen molar-refractivity contribution in [3.8, 4) is 0 Å². The van der Waals surface area contributed by atoms with E-state index >= 15 is 0 Å². The summed E-state index contributed by atoms with van der Waals surface area (Å²) < 4.78 is 11.6. The Bertz CT molecular complexity index is 643. The van der Waals surface area contributed by atoms with Gasteiger partial charge in [-0.3, -0.25) is 0 Å². The van der Waals surface area contributed by atoms with E-state index in [2.05, 4.69) is 37.2 Å². The van der Waals surface area contributed by atoms with E-state index in [0.29, 0.717) is 28.8 Å². The Morgan fingerprint density at radius 1 is 1.40 bits per heavy atom. The molecular weight excluding hydrogens is 413 g/mol. The van der Waals surface area contributed by atoms with Crippen molar-refractivity contribution in [1.82, 2.24) is 0 Å². The molecule has 0 bridgehead atoms. The molecule has 1 N–H and O–H groups in total. The van der Waals surface area contributed by atoms with Crippen molar-refractivity contribution in [1.29, 1.82) is 0 Å². The predicted octanol–water partition coefficient (Wildman–Crippen LogP) is 4.86. The first-order valence-electron chi connectivity index (χ1n) is 5.56. The van der Waals surface area contributed by atoms with E-state index in [-0.39, 0.29) is 0 Å². The number of methoxy groups -OCH3 is 1. The second-order valence-electron chi connectivity index (χ2n) is 3.86. The van der Waals surface area contributed by atoms with Crippen LogP contribution in [0.5, 0.6) is 0 Å². The van der Waals surface area contributed by atoms with Crippen LogP contribution < -0.4 is 5.32 Å². The summed E-state index contributed by atoms with van der Waals surface area (Å²) in [5.74, 6) is 0.243. The van der Waals surface area contributed by atoms with Gasteiger partial charge in [0, 0.05) is 8.95 Å². The zero-order valence-electron chi connectivity index (χ0n) is 10.4. The van der Waals surface area contributed by atoms with Crippen LogP contribution in [0.3, 0.4) is 0 Å². The van der Waals surface area contributed by atoms with Gasteiger partial charge in [0.15, 0.2) is 5.22 Å². The van der Waals surface area contributed by atoms with Gasteiger partial charge in [0.1, 0.15) is 5.76 Å². The lowest BCUT2D eigenvalue weighted by molar-refractivity contribution is 0.0601. The van der Waals surface area contributed by atoms with Crippen LogP contribution in [0, 0.1) is 0 Å². The molecule has 20 heavy (non-hydrogen) atoms. The van der Waals surface area contributed by atoms with Gasteiger partial charge in [-0.05, 0) is 51.8 Å². The third kappa shape index (κ3) is 3.56. The number of carbonyl (C=O) groups is 1. The van der Waals surface area contributed by atoms with Crippen molar-refractivity contribution in [2.24, 2.45) is 0 Å². The van der Waals surface area contributed by atoms with E-state index in [4.69, 9.17) is 20.8 Å². The number of esters is 1. The first-order valence-corrected chi connectivity index (χ1v) is 7.53. The molecule has 0 radical (unpaired) electrons. The highest BCUT2D eigenvalue weighted by Crippen LogP contribution is 2.31. The number of rotatable bonds is 4. The van der Waals surface area contributed by atoms with E-state index in [1.807, 2.05) is 6.07 Å². The number of hydrogen-bond acceptors (Lipinski definition) is 4. The largest absolute Gasteiger partial charge is 0.465 e. The van der Waals surface area contributed by atoms with Crippen molar-refractivity contribution in [3.05, 3.63) is 49.8 Å². The fourth-order valence-corrected chi connectivity index (χ4v) is 3.17. The Labute approximate surface area is 137 Å². The van der Waals surface area contributed by atoms with Crippen LogP contribution in [0.15, 0.2) is 37.6 Å². The smallest absolute Gasteiger partial charge is 0.340 e. The number of ether oxygens (including phenoxy) is 1. The maximum absolute atomic E-state index is 11.8. The van der Waals surface area contributed by atoms with Crippen LogP contribution in [-0.4, -0.2) is 13.1 Å². The van der Waals surface area contributed by atoms with Gasteiger partial charge in [-0.15, -0.1) is 0 Å². The molecule has 0 aliphatic heterocycles. The van der Waals surface area contributed by atoms with Gasteiger partial charge >= 0.3 is 5.97 Å². The number of carbonyl (C=O) groups excluding carboxylic acids is 1. The maximum Gasteiger partial charge on any atom is 0.340 e. The first kappa shape index (κ1) is 15.4. The predicted molar refractivity (Wildman–Crippen MR) is 84.2 cm³/mol. The van der Waals surface area contributed by atoms with Crippen LogP contribution in [0.25, 0.3) is 0 Å². The molecule has 0 unspecified atom stereocenters. The van der Waals surface area contributed by atoms with Gasteiger partial charge in [0.05, 0.1) is 24.9 Å². The molecule has 7 heteroatoms. The van der Waals surface area contributed by atoms with Crippen molar-refractivity contribution in [3.63, 3.8) is 0 Å². The summed E-state index contributed by atoms with van der Waals surface area (Å²) in [6, 6.07) is 6.95. The molecule has 1 aromatic heterocycles. The number of anilines is 1. The number of furan rings is 1. The zero-order chi connectivity index (χ0) is 14.7. The van der Waals surface area contributed by atoms with E-state index in [0.717, 1.165) is 8.95 Å². The van der Waals surface area contributed by atoms with E-state index in [9.17, 15) is 4.79 Å². The number of benzene rings is 1. The minimum atomic E-state index is -0.424. The van der Waals surface area contributed by atoms with Crippen molar-refractivity contribution < 1.29 is 13.9 Å². The topological polar surface area (TPSA) is 51.5 Å². The summed E-state index contributed by atoms with van der Waals surface area (Å²) in [7, 11) is 1.34. The summed E-state index contributed by atoms with van der Waals surface area (Å²) in [6.45, 7) is 0.400. The summed E-state index contributed by atoms with van der Waals surface area (Å²) in [5, 5.41) is 3.46. The maximum atomic E-state index is 11.8. The van der Waals surface area contributed by atoms with Gasteiger partial charge in [-0.2, -0.15) is 0 Å². The van der Waals surface area contributed by atoms with Gasteiger partial charge in [0.2, 0.25) is 0 Å². The molecule has 0 spiro atoms. The van der Waals surface area contributed by atoms with Gasteiger partial charge < -0.3 is 14.5 Å². The van der Waals surface area contributed by atoms with Crippen LogP contribution in [0.1, 0.15) is 16.1 Å². The lowest BCUT2D eigenvalue weighted by atomic mass is 10.2. The van der Waals surface area contributed by atoms with Crippen molar-refractivity contribution in [2.75, 3.05) is 12.4 Å². The molecule has 0 aliphatic carbocycles. The molecule has 0 amide bonds. The van der Waals surface area contributed by atoms with Crippen LogP contribution >= 0.6 is 43.5 Å². The number of nitrogens with one attached hydrogen (secondary N) is 1. The molecule has 0 aliphatic rings. The standard InChI is InChI=1S/C13H10Br2ClNO3/c1-19-13(18)9-4-7(14)5-10(15)12(9)17-6-8-2-3-11(16)20-8/h2-5,17H,6H2,1H3. The monoisotopic (exact) mass is 421 g/mol. The molecule has 106 valence electrons. The molecule has 2 aromatic rings. The highest BCUT2D eigenvalue weighted by molar-refractivity contribution is 9.11. The van der Waals surface area contributed by atoms with E-state index in [1.54, 1.807) is 18.2 Å². The fraction of sp³-hybridized carbons (Fsp3) is 0.154. The van der Waals surface area contributed by atoms with E-state index in [1.165, 1.54) is 7.11 Å². The average Bonchev–Trinajstić information content (AvgIpc) is 2.81. The summed E-state index contributed by atoms with van der Waals surface area (Å²) >= 11 is 12.5. The molecule has 0 saturated carbocycles. The van der Waals surface area contributed by atoms with Gasteiger partial charge in [0.25, 0.3) is 0 Å². The number of halogens is 3. The van der Waals surface area contributed by atoms with Crippen LogP contribution in [0.4, 0.5) is 5.69 Å². The highest BCUT2D eigenvalue weighted by Gasteiger charge is 2.16. The molecular formula is C13H10Br2ClNO3. The lowest BCUT2D eigenvalue weighted by Gasteiger charge is -2.12. The molecule has 0 atom stereocenters. The summed E-state index contributed by atoms with van der Waals surface area (Å²) in [4.78, 5) is 11.8. The Hall–Kier alpha value is -0.980. The first-order chi connectivity index (χ1) is 9.51. The minimum absolute atomic E-state index is 0.324. The zero-order valence-corrected chi connectivity index (χ0v) is 14.3. The Kier molecular flexibility index (Phi) is 5.12. The van der Waals surface area contributed by atoms with Crippen molar-refractivity contribution in [2.45, 2.75) is 6.54 Å². The normalized spacial score (nSPS) is 10.4. The summed E-state index contributed by atoms with van der Waals surface area (Å²) in [6.07, 6.45) is 0. The third-order valence-corrected chi connectivity index (χ3v) is 3.81. The van der Waals surface area contributed by atoms with Crippen LogP contribution in [-0.2, 0) is 11.3 Å². The lowest BCUT2D eigenvalue weighted by Crippen LogP contribution is -2.09.